The van der Waals surface area contributed by atoms with Crippen LogP contribution in [0, 0.1) is 0 Å². The Hall–Kier alpha value is 0.969. The number of nitrogens with zero attached hydrogens (tertiary/aromatic N) is 2. The van der Waals surface area contributed by atoms with Crippen LogP contribution in [-0.4, -0.2) is 27.9 Å². The van der Waals surface area contributed by atoms with Crippen molar-refractivity contribution in [2.24, 2.45) is 7.05 Å². The number of hydrogen-bond donors (Lipinski definition) is 0. The van der Waals surface area contributed by atoms with E-state index in [1.165, 1.54) is 55.7 Å². The average molecular weight is 529 g/mol. The minimum atomic E-state index is -2.39. The Morgan fingerprint density at radius 1 is 0.905 bits per heavy atom. The third-order valence-electron chi connectivity index (χ3n) is 4.49. The summed E-state index contributed by atoms with van der Waals surface area (Å²) in [6.07, 6.45) is 8.07. The van der Waals surface area contributed by atoms with Crippen molar-refractivity contribution >= 4 is 54.1 Å². The van der Waals surface area contributed by atoms with Gasteiger partial charge in [-0.05, 0) is 0 Å². The van der Waals surface area contributed by atoms with Crippen LogP contribution in [0.15, 0.2) is 9.21 Å². The van der Waals surface area contributed by atoms with E-state index >= 15 is 0 Å². The SMILES string of the molecule is CCC[CH2][Sn]([CH2]CCC)([CH2]CCC)[c]1nc(Br)c(Br)n1C. The molecule has 1 rings (SSSR count). The Balaban J connectivity index is 3.19. The monoisotopic (exact) mass is 528 g/mol. The Morgan fingerprint density at radius 3 is 1.62 bits per heavy atom. The van der Waals surface area contributed by atoms with Crippen LogP contribution in [0.25, 0.3) is 0 Å². The van der Waals surface area contributed by atoms with Crippen LogP contribution in [-0.2, 0) is 7.05 Å². The predicted octanol–water partition coefficient (Wildman–Crippen LogP) is 6.00. The molecular formula is C16H30Br2N2Sn. The summed E-state index contributed by atoms with van der Waals surface area (Å²) in [6, 6.07) is 0. The van der Waals surface area contributed by atoms with Crippen molar-refractivity contribution in [3.63, 3.8) is 0 Å². The zero-order valence-corrected chi connectivity index (χ0v) is 20.0. The molecule has 1 aromatic heterocycles. The number of halogens is 2. The summed E-state index contributed by atoms with van der Waals surface area (Å²) in [6.45, 7) is 6.96. The molecule has 0 unspecified atom stereocenters. The molecule has 0 bridgehead atoms. The second-order valence-electron chi connectivity index (χ2n) is 6.17. The van der Waals surface area contributed by atoms with E-state index in [-0.39, 0.29) is 0 Å². The van der Waals surface area contributed by atoms with Gasteiger partial charge < -0.3 is 0 Å². The van der Waals surface area contributed by atoms with Gasteiger partial charge in [-0.25, -0.2) is 0 Å². The van der Waals surface area contributed by atoms with E-state index in [1.807, 2.05) is 0 Å². The second kappa shape index (κ2) is 9.96. The van der Waals surface area contributed by atoms with Gasteiger partial charge in [0.05, 0.1) is 0 Å². The Bertz CT molecular complexity index is 410. The van der Waals surface area contributed by atoms with Gasteiger partial charge >= 0.3 is 152 Å². The maximum atomic E-state index is 4.97. The summed E-state index contributed by atoms with van der Waals surface area (Å²) < 4.78 is 10.3. The topological polar surface area (TPSA) is 17.8 Å². The van der Waals surface area contributed by atoms with Crippen LogP contribution < -0.4 is 3.84 Å². The molecule has 0 atom stereocenters. The number of hydrogen-bond acceptors (Lipinski definition) is 1. The molecule has 0 aromatic carbocycles. The van der Waals surface area contributed by atoms with Crippen molar-refractivity contribution in [3.8, 4) is 0 Å². The second-order valence-corrected chi connectivity index (χ2v) is 20.5. The van der Waals surface area contributed by atoms with Gasteiger partial charge in [-0.3, -0.25) is 0 Å². The van der Waals surface area contributed by atoms with Gasteiger partial charge in [0.15, 0.2) is 0 Å². The Labute approximate surface area is 151 Å². The summed E-state index contributed by atoms with van der Waals surface area (Å²) in [4.78, 5) is 4.97. The van der Waals surface area contributed by atoms with E-state index in [0.29, 0.717) is 0 Å². The number of rotatable bonds is 10. The van der Waals surface area contributed by atoms with Crippen LogP contribution >= 0.6 is 31.9 Å². The fraction of sp³-hybridized carbons (Fsp3) is 0.812. The summed E-state index contributed by atoms with van der Waals surface area (Å²) in [5, 5.41) is 0. The van der Waals surface area contributed by atoms with E-state index in [1.54, 1.807) is 0 Å². The molecule has 1 aromatic rings. The first-order chi connectivity index (χ1) is 10.0. The molecule has 0 fully saturated rings. The average Bonchev–Trinajstić information content (AvgIpc) is 2.75. The summed E-state index contributed by atoms with van der Waals surface area (Å²) in [5.41, 5.74) is 0. The standard InChI is InChI=1S/C4H3Br2N2.3C4H9.Sn/c1-8-2-7-3(5)4(8)6;3*1-3-4-2;/h1H3;3*1,3-4H2,2H3;. The molecule has 0 saturated heterocycles. The predicted molar refractivity (Wildman–Crippen MR) is 103 cm³/mol. The molecule has 0 radical (unpaired) electrons. The van der Waals surface area contributed by atoms with Crippen molar-refractivity contribution in [1.29, 1.82) is 0 Å². The van der Waals surface area contributed by atoms with Gasteiger partial charge in [0.2, 0.25) is 0 Å². The van der Waals surface area contributed by atoms with Crippen molar-refractivity contribution in [2.45, 2.75) is 72.6 Å². The molecule has 0 N–H and O–H groups in total. The van der Waals surface area contributed by atoms with Gasteiger partial charge in [-0.2, -0.15) is 0 Å². The van der Waals surface area contributed by atoms with Crippen LogP contribution in [0.2, 0.25) is 13.3 Å². The molecule has 122 valence electrons. The molecule has 0 amide bonds. The van der Waals surface area contributed by atoms with Crippen LogP contribution in [0.4, 0.5) is 0 Å². The first-order valence-corrected chi connectivity index (χ1v) is 17.5. The van der Waals surface area contributed by atoms with Crippen LogP contribution in [0.1, 0.15) is 59.3 Å². The van der Waals surface area contributed by atoms with E-state index in [0.717, 1.165) is 9.21 Å². The van der Waals surface area contributed by atoms with Gasteiger partial charge in [0, 0.05) is 0 Å². The molecular weight excluding hydrogens is 499 g/mol. The van der Waals surface area contributed by atoms with E-state index in [2.05, 4.69) is 64.2 Å². The zero-order chi connectivity index (χ0) is 15.9. The first-order valence-electron chi connectivity index (χ1n) is 8.40. The summed E-state index contributed by atoms with van der Waals surface area (Å²) >= 11 is 4.91. The minimum absolute atomic E-state index is 0.991. The van der Waals surface area contributed by atoms with E-state index in [4.69, 9.17) is 4.98 Å². The molecule has 0 aliphatic carbocycles. The number of aromatic nitrogens is 2. The Kier molecular flexibility index (Phi) is 9.50. The molecule has 21 heavy (non-hydrogen) atoms. The molecule has 1 heterocycles. The Morgan fingerprint density at radius 2 is 1.33 bits per heavy atom. The number of imidazole rings is 1. The number of unbranched alkanes of at least 4 members (excludes halogenated alkanes) is 3. The molecule has 5 heteroatoms. The third-order valence-corrected chi connectivity index (χ3v) is 21.7. The van der Waals surface area contributed by atoms with Gasteiger partial charge in [0.25, 0.3) is 0 Å². The normalized spacial score (nSPS) is 12.1. The third kappa shape index (κ3) is 5.23. The van der Waals surface area contributed by atoms with Crippen molar-refractivity contribution < 1.29 is 0 Å². The fourth-order valence-electron chi connectivity index (χ4n) is 3.18. The summed E-state index contributed by atoms with van der Waals surface area (Å²) in [5.74, 6) is 0. The maximum absolute atomic E-state index is 4.97. The zero-order valence-electron chi connectivity index (χ0n) is 14.0. The van der Waals surface area contributed by atoms with Crippen LogP contribution in [0.3, 0.4) is 0 Å². The molecule has 2 nitrogen and oxygen atoms in total. The summed E-state index contributed by atoms with van der Waals surface area (Å²) in [7, 11) is 2.19. The molecule has 0 saturated carbocycles. The molecule has 0 aliphatic rings. The van der Waals surface area contributed by atoms with Gasteiger partial charge in [-0.15, -0.1) is 0 Å². The first kappa shape index (κ1) is 20.0. The van der Waals surface area contributed by atoms with Crippen molar-refractivity contribution in [3.05, 3.63) is 9.21 Å². The molecule has 0 spiro atoms. The quantitative estimate of drug-likeness (QED) is 0.341. The fourth-order valence-corrected chi connectivity index (χ4v) is 21.0. The molecule has 0 aliphatic heterocycles. The van der Waals surface area contributed by atoms with Crippen LogP contribution in [0.5, 0.6) is 0 Å². The van der Waals surface area contributed by atoms with Gasteiger partial charge in [-0.1, -0.05) is 0 Å². The van der Waals surface area contributed by atoms with Crippen molar-refractivity contribution in [2.75, 3.05) is 0 Å². The van der Waals surface area contributed by atoms with Gasteiger partial charge in [0.1, 0.15) is 0 Å². The van der Waals surface area contributed by atoms with E-state index in [9.17, 15) is 0 Å². The van der Waals surface area contributed by atoms with E-state index < -0.39 is 18.4 Å². The van der Waals surface area contributed by atoms with Crippen molar-refractivity contribution in [1.82, 2.24) is 9.55 Å².